The molecule has 46 valence electrons. The molecular weight excluding hydrogens is 227 g/mol. The van der Waals surface area contributed by atoms with Crippen LogP contribution >= 0.6 is 23.0 Å². The molecule has 0 rings (SSSR count). The summed E-state index contributed by atoms with van der Waals surface area (Å²) >= 11 is 1.37. The number of aliphatic carboxylic acids is 1. The van der Waals surface area contributed by atoms with Crippen LogP contribution in [0.2, 0.25) is 0 Å². The van der Waals surface area contributed by atoms with Gasteiger partial charge in [-0.15, -0.1) is 0 Å². The van der Waals surface area contributed by atoms with Crippen molar-refractivity contribution in [3.63, 3.8) is 0 Å². The van der Waals surface area contributed by atoms with Gasteiger partial charge in [0.25, 0.3) is 5.95 Å². The average molecular weight is 230 g/mol. The van der Waals surface area contributed by atoms with E-state index < -0.39 is 11.9 Å². The molecule has 0 fully saturated rings. The summed E-state index contributed by atoms with van der Waals surface area (Å²) in [7, 11) is 0. The molecule has 5 heteroatoms. The largest absolute Gasteiger partial charge is 0.480 e. The Labute approximate surface area is 59.5 Å². The van der Waals surface area contributed by atoms with E-state index in [2.05, 4.69) is 3.07 Å². The third-order valence-electron chi connectivity index (χ3n) is 0.326. The molecule has 0 spiro atoms. The second-order valence-corrected chi connectivity index (χ2v) is 1.34. The Bertz CT molecular complexity index is 118. The monoisotopic (exact) mass is 230 g/mol. The molecule has 0 saturated carbocycles. The lowest BCUT2D eigenvalue weighted by Crippen LogP contribution is -1.90. The fraction of sp³-hybridized carbons (Fsp3) is 0. The van der Waals surface area contributed by atoms with Crippen molar-refractivity contribution >= 4 is 29.0 Å². The molecule has 0 aromatic rings. The second-order valence-electron chi connectivity index (χ2n) is 0.898. The Kier molecular flexibility index (Phi) is 3.33. The number of hydrogen-bond donors (Lipinski definition) is 2. The quantitative estimate of drug-likeness (QED) is 0.419. The molecule has 0 aliphatic heterocycles. The summed E-state index contributed by atoms with van der Waals surface area (Å²) in [4.78, 5) is 9.65. The summed E-state index contributed by atoms with van der Waals surface area (Å²) < 4.78 is 4.07. The first kappa shape index (κ1) is 7.54. The Morgan fingerprint density at radius 1 is 1.62 bits per heavy atom. The zero-order valence-electron chi connectivity index (χ0n) is 3.67. The van der Waals surface area contributed by atoms with E-state index in [0.29, 0.717) is 6.08 Å². The van der Waals surface area contributed by atoms with Crippen molar-refractivity contribution in [1.82, 2.24) is 0 Å². The van der Waals surface area contributed by atoms with Gasteiger partial charge >= 0.3 is 5.97 Å². The van der Waals surface area contributed by atoms with Crippen molar-refractivity contribution in [2.24, 2.45) is 0 Å². The number of hydrogen-bond acceptors (Lipinski definition) is 3. The molecule has 0 unspecified atom stereocenters. The lowest BCUT2D eigenvalue weighted by atomic mass is 10.6. The SMILES string of the molecule is O=C(O)C=C(O)OI. The highest BCUT2D eigenvalue weighted by Gasteiger charge is 1.93. The van der Waals surface area contributed by atoms with E-state index in [1.165, 1.54) is 23.0 Å². The van der Waals surface area contributed by atoms with E-state index in [4.69, 9.17) is 10.2 Å². The number of aliphatic hydroxyl groups excluding tert-OH is 1. The Hall–Kier alpha value is -0.460. The van der Waals surface area contributed by atoms with Gasteiger partial charge in [-0.3, -0.25) is 0 Å². The van der Waals surface area contributed by atoms with E-state index in [1.54, 1.807) is 0 Å². The minimum atomic E-state index is -1.24. The molecule has 0 atom stereocenters. The van der Waals surface area contributed by atoms with Gasteiger partial charge in [0.1, 0.15) is 6.08 Å². The summed E-state index contributed by atoms with van der Waals surface area (Å²) in [6.45, 7) is 0. The van der Waals surface area contributed by atoms with Crippen molar-refractivity contribution in [3.8, 4) is 0 Å². The molecule has 0 radical (unpaired) electrons. The highest BCUT2D eigenvalue weighted by atomic mass is 127. The van der Waals surface area contributed by atoms with Gasteiger partial charge in [0.2, 0.25) is 0 Å². The fourth-order valence-corrected chi connectivity index (χ4v) is 0.255. The van der Waals surface area contributed by atoms with Crippen LogP contribution in [0.3, 0.4) is 0 Å². The minimum Gasteiger partial charge on any atom is -0.480 e. The molecule has 4 nitrogen and oxygen atoms in total. The Balaban J connectivity index is 3.75. The highest BCUT2D eigenvalue weighted by Crippen LogP contribution is 1.96. The molecule has 0 amide bonds. The van der Waals surface area contributed by atoms with Gasteiger partial charge in [0.05, 0.1) is 0 Å². The van der Waals surface area contributed by atoms with Crippen molar-refractivity contribution in [3.05, 3.63) is 12.0 Å². The molecule has 0 saturated heterocycles. The van der Waals surface area contributed by atoms with Crippen LogP contribution in [0.25, 0.3) is 0 Å². The van der Waals surface area contributed by atoms with Crippen molar-refractivity contribution in [1.29, 1.82) is 0 Å². The van der Waals surface area contributed by atoms with Crippen LogP contribution in [0, 0.1) is 0 Å². The first-order chi connectivity index (χ1) is 3.66. The van der Waals surface area contributed by atoms with E-state index >= 15 is 0 Å². The minimum absolute atomic E-state index is 0.548. The number of carbonyl (C=O) groups is 1. The summed E-state index contributed by atoms with van der Waals surface area (Å²) in [5.41, 5.74) is 0. The lowest BCUT2D eigenvalue weighted by molar-refractivity contribution is -0.131. The Morgan fingerprint density at radius 3 is 2.25 bits per heavy atom. The van der Waals surface area contributed by atoms with Crippen LogP contribution in [-0.2, 0) is 7.86 Å². The molecular formula is C3H3IO4. The third kappa shape index (κ3) is 3.72. The second kappa shape index (κ2) is 3.53. The molecule has 0 bridgehead atoms. The highest BCUT2D eigenvalue weighted by molar-refractivity contribution is 14.1. The smallest absolute Gasteiger partial charge is 0.335 e. The number of aliphatic hydroxyl groups is 1. The zero-order chi connectivity index (χ0) is 6.57. The molecule has 0 aliphatic rings. The number of carboxylic acid groups (broad SMARTS) is 1. The van der Waals surface area contributed by atoms with Gasteiger partial charge in [-0.2, -0.15) is 0 Å². The normalized spacial score (nSPS) is 10.9. The van der Waals surface area contributed by atoms with Crippen molar-refractivity contribution in [2.45, 2.75) is 0 Å². The molecule has 2 N–H and O–H groups in total. The predicted molar refractivity (Wildman–Crippen MR) is 33.5 cm³/mol. The van der Waals surface area contributed by atoms with Crippen molar-refractivity contribution in [2.75, 3.05) is 0 Å². The van der Waals surface area contributed by atoms with Crippen molar-refractivity contribution < 1.29 is 18.1 Å². The van der Waals surface area contributed by atoms with Crippen LogP contribution in [0.15, 0.2) is 12.0 Å². The predicted octanol–water partition coefficient (Wildman–Crippen LogP) is 0.837. The molecule has 8 heavy (non-hydrogen) atoms. The van der Waals surface area contributed by atoms with Gasteiger partial charge in [-0.25, -0.2) is 4.79 Å². The van der Waals surface area contributed by atoms with Crippen LogP contribution in [-0.4, -0.2) is 16.2 Å². The summed E-state index contributed by atoms with van der Waals surface area (Å²) in [5.74, 6) is -1.85. The summed E-state index contributed by atoms with van der Waals surface area (Å²) in [6, 6.07) is 0. The van der Waals surface area contributed by atoms with Gasteiger partial charge in [-0.1, -0.05) is 0 Å². The first-order valence-electron chi connectivity index (χ1n) is 1.59. The lowest BCUT2D eigenvalue weighted by Gasteiger charge is -1.87. The van der Waals surface area contributed by atoms with Gasteiger partial charge in [-0.05, 0) is 0 Å². The topological polar surface area (TPSA) is 66.8 Å². The number of carboxylic acids is 1. The van der Waals surface area contributed by atoms with Gasteiger partial charge in [0, 0.05) is 0 Å². The van der Waals surface area contributed by atoms with E-state index in [1.807, 2.05) is 0 Å². The molecule has 0 aliphatic carbocycles. The maximum atomic E-state index is 9.65. The van der Waals surface area contributed by atoms with E-state index in [9.17, 15) is 4.79 Å². The van der Waals surface area contributed by atoms with Crippen LogP contribution < -0.4 is 0 Å². The average Bonchev–Trinajstić information content (AvgIpc) is 1.65. The molecule has 0 aromatic carbocycles. The number of halogens is 1. The van der Waals surface area contributed by atoms with Crippen LogP contribution in [0.1, 0.15) is 0 Å². The van der Waals surface area contributed by atoms with E-state index in [-0.39, 0.29) is 0 Å². The summed E-state index contributed by atoms with van der Waals surface area (Å²) in [5, 5.41) is 16.2. The van der Waals surface area contributed by atoms with Crippen LogP contribution in [0.5, 0.6) is 0 Å². The van der Waals surface area contributed by atoms with Gasteiger partial charge < -0.3 is 13.3 Å². The molecule has 0 aromatic heterocycles. The Morgan fingerprint density at radius 2 is 2.12 bits per heavy atom. The maximum absolute atomic E-state index is 9.65. The molecule has 0 heterocycles. The maximum Gasteiger partial charge on any atom is 0.335 e. The number of rotatable bonds is 2. The summed E-state index contributed by atoms with van der Waals surface area (Å²) in [6.07, 6.45) is 0.548. The first-order valence-corrected chi connectivity index (χ1v) is 2.47. The zero-order valence-corrected chi connectivity index (χ0v) is 5.82. The van der Waals surface area contributed by atoms with Crippen LogP contribution in [0.4, 0.5) is 0 Å². The fourth-order valence-electron chi connectivity index (χ4n) is 0.128. The third-order valence-corrected chi connectivity index (χ3v) is 0.777. The van der Waals surface area contributed by atoms with E-state index in [0.717, 1.165) is 0 Å². The standard InChI is InChI=1S/C3H3IO4/c4-8-3(7)1-2(5)6/h1,7H,(H,5,6). The van der Waals surface area contributed by atoms with Gasteiger partial charge in [0.15, 0.2) is 23.0 Å².